The van der Waals surface area contributed by atoms with Crippen LogP contribution >= 0.6 is 0 Å². The second-order valence-electron chi connectivity index (χ2n) is 7.77. The first-order valence-corrected chi connectivity index (χ1v) is 12.1. The SMILES string of the molecule is COc1ccc(-c2nc(CN(c3ccc(OC)cc3)S(=O)(=O)c3ccc(C)cc3)c(C)o2)cc1. The Labute approximate surface area is 199 Å². The smallest absolute Gasteiger partial charge is 0.264 e. The molecule has 3 aromatic carbocycles. The molecule has 1 aromatic heterocycles. The summed E-state index contributed by atoms with van der Waals surface area (Å²) in [5, 5.41) is 0. The molecule has 0 aliphatic rings. The van der Waals surface area contributed by atoms with Crippen molar-refractivity contribution in [1.82, 2.24) is 4.98 Å². The van der Waals surface area contributed by atoms with E-state index in [0.717, 1.165) is 16.9 Å². The third kappa shape index (κ3) is 4.77. The van der Waals surface area contributed by atoms with E-state index in [2.05, 4.69) is 4.98 Å². The zero-order valence-electron chi connectivity index (χ0n) is 19.5. The first kappa shape index (κ1) is 23.4. The molecule has 7 nitrogen and oxygen atoms in total. The van der Waals surface area contributed by atoms with Gasteiger partial charge in [-0.15, -0.1) is 0 Å². The molecular formula is C26H26N2O5S. The van der Waals surface area contributed by atoms with Crippen molar-refractivity contribution in [1.29, 1.82) is 0 Å². The van der Waals surface area contributed by atoms with Crippen molar-refractivity contribution in [2.45, 2.75) is 25.3 Å². The summed E-state index contributed by atoms with van der Waals surface area (Å²) in [6.07, 6.45) is 0. The highest BCUT2D eigenvalue weighted by atomic mass is 32.2. The maximum Gasteiger partial charge on any atom is 0.264 e. The highest BCUT2D eigenvalue weighted by molar-refractivity contribution is 7.92. The van der Waals surface area contributed by atoms with Crippen molar-refractivity contribution in [3.8, 4) is 23.0 Å². The molecule has 1 heterocycles. The number of anilines is 1. The Morgan fingerprint density at radius 3 is 1.94 bits per heavy atom. The summed E-state index contributed by atoms with van der Waals surface area (Å²) in [4.78, 5) is 4.82. The van der Waals surface area contributed by atoms with Gasteiger partial charge in [-0.2, -0.15) is 0 Å². The van der Waals surface area contributed by atoms with Gasteiger partial charge in [-0.1, -0.05) is 17.7 Å². The Kier molecular flexibility index (Phi) is 6.61. The third-order valence-corrected chi connectivity index (χ3v) is 7.28. The van der Waals surface area contributed by atoms with Crippen LogP contribution in [0.2, 0.25) is 0 Å². The minimum atomic E-state index is -3.88. The van der Waals surface area contributed by atoms with Crippen LogP contribution in [0, 0.1) is 13.8 Å². The molecule has 0 atom stereocenters. The van der Waals surface area contributed by atoms with Gasteiger partial charge in [0.1, 0.15) is 23.0 Å². The number of oxazole rings is 1. The van der Waals surface area contributed by atoms with Crippen LogP contribution < -0.4 is 13.8 Å². The van der Waals surface area contributed by atoms with Gasteiger partial charge in [0.25, 0.3) is 10.0 Å². The van der Waals surface area contributed by atoms with Crippen molar-refractivity contribution >= 4 is 15.7 Å². The summed E-state index contributed by atoms with van der Waals surface area (Å²) in [6, 6.07) is 21.0. The molecule has 176 valence electrons. The molecule has 0 amide bonds. The van der Waals surface area contributed by atoms with Crippen LogP contribution in [0.1, 0.15) is 17.0 Å². The third-order valence-electron chi connectivity index (χ3n) is 5.49. The molecule has 0 saturated heterocycles. The molecule has 0 fully saturated rings. The van der Waals surface area contributed by atoms with Crippen LogP contribution in [-0.4, -0.2) is 27.6 Å². The molecular weight excluding hydrogens is 452 g/mol. The van der Waals surface area contributed by atoms with Crippen LogP contribution in [0.5, 0.6) is 11.5 Å². The fourth-order valence-electron chi connectivity index (χ4n) is 3.47. The molecule has 0 bridgehead atoms. The van der Waals surface area contributed by atoms with E-state index in [9.17, 15) is 8.42 Å². The van der Waals surface area contributed by atoms with E-state index in [-0.39, 0.29) is 11.4 Å². The fraction of sp³-hybridized carbons (Fsp3) is 0.192. The molecule has 8 heteroatoms. The van der Waals surface area contributed by atoms with Crippen molar-refractivity contribution in [2.24, 2.45) is 0 Å². The number of sulfonamides is 1. The summed E-state index contributed by atoms with van der Waals surface area (Å²) in [5.74, 6) is 2.32. The van der Waals surface area contributed by atoms with E-state index in [4.69, 9.17) is 13.9 Å². The molecule has 4 rings (SSSR count). The maximum atomic E-state index is 13.7. The number of aryl methyl sites for hydroxylation is 2. The number of aromatic nitrogens is 1. The lowest BCUT2D eigenvalue weighted by Crippen LogP contribution is -2.31. The molecule has 0 spiro atoms. The molecule has 0 radical (unpaired) electrons. The van der Waals surface area contributed by atoms with Crippen LogP contribution in [-0.2, 0) is 16.6 Å². The first-order chi connectivity index (χ1) is 16.3. The monoisotopic (exact) mass is 478 g/mol. The van der Waals surface area contributed by atoms with Crippen molar-refractivity contribution in [2.75, 3.05) is 18.5 Å². The number of hydrogen-bond acceptors (Lipinski definition) is 6. The minimum Gasteiger partial charge on any atom is -0.497 e. The standard InChI is InChI=1S/C26H26N2O5S/c1-18-5-15-24(16-6-18)34(29,30)28(21-9-13-23(32-4)14-10-21)17-25-19(2)33-26(27-25)20-7-11-22(31-3)12-8-20/h5-16H,17H2,1-4H3. The Morgan fingerprint density at radius 2 is 1.38 bits per heavy atom. The maximum absolute atomic E-state index is 13.7. The average Bonchev–Trinajstić information content (AvgIpc) is 3.23. The molecule has 0 N–H and O–H groups in total. The number of methoxy groups -OCH3 is 2. The van der Waals surface area contributed by atoms with Gasteiger partial charge in [0.05, 0.1) is 31.3 Å². The molecule has 0 aliphatic carbocycles. The lowest BCUT2D eigenvalue weighted by Gasteiger charge is -2.24. The van der Waals surface area contributed by atoms with Crippen molar-refractivity contribution in [3.05, 3.63) is 89.8 Å². The summed E-state index contributed by atoms with van der Waals surface area (Å²) >= 11 is 0. The van der Waals surface area contributed by atoms with E-state index in [1.54, 1.807) is 69.7 Å². The highest BCUT2D eigenvalue weighted by Crippen LogP contribution is 2.30. The number of ether oxygens (including phenoxy) is 2. The quantitative estimate of drug-likeness (QED) is 0.339. The first-order valence-electron chi connectivity index (χ1n) is 10.7. The molecule has 0 unspecified atom stereocenters. The zero-order valence-corrected chi connectivity index (χ0v) is 20.3. The van der Waals surface area contributed by atoms with Crippen LogP contribution in [0.4, 0.5) is 5.69 Å². The average molecular weight is 479 g/mol. The van der Waals surface area contributed by atoms with Crippen LogP contribution in [0.25, 0.3) is 11.5 Å². The van der Waals surface area contributed by atoms with Crippen LogP contribution in [0.15, 0.2) is 82.1 Å². The summed E-state index contributed by atoms with van der Waals surface area (Å²) in [5.41, 5.74) is 2.77. The van der Waals surface area contributed by atoms with E-state index < -0.39 is 10.0 Å². The van der Waals surface area contributed by atoms with Gasteiger partial charge in [0.2, 0.25) is 5.89 Å². The molecule has 4 aromatic rings. The van der Waals surface area contributed by atoms with Gasteiger partial charge in [-0.05, 0) is 74.5 Å². The number of nitrogens with zero attached hydrogens (tertiary/aromatic N) is 2. The Hall–Kier alpha value is -3.78. The lowest BCUT2D eigenvalue weighted by atomic mass is 10.2. The lowest BCUT2D eigenvalue weighted by molar-refractivity contribution is 0.414. The highest BCUT2D eigenvalue weighted by Gasteiger charge is 2.27. The molecule has 34 heavy (non-hydrogen) atoms. The molecule has 0 aliphatic heterocycles. The van der Waals surface area contributed by atoms with E-state index >= 15 is 0 Å². The summed E-state index contributed by atoms with van der Waals surface area (Å²) in [6.45, 7) is 3.70. The second kappa shape index (κ2) is 9.61. The Balaban J connectivity index is 1.73. The zero-order chi connectivity index (χ0) is 24.3. The van der Waals surface area contributed by atoms with Crippen LogP contribution in [0.3, 0.4) is 0 Å². The van der Waals surface area contributed by atoms with E-state index in [0.29, 0.717) is 28.8 Å². The normalized spacial score (nSPS) is 11.3. The minimum absolute atomic E-state index is 0.00796. The number of hydrogen-bond donors (Lipinski definition) is 0. The van der Waals surface area contributed by atoms with Gasteiger partial charge in [-0.3, -0.25) is 4.31 Å². The Morgan fingerprint density at radius 1 is 0.824 bits per heavy atom. The predicted molar refractivity (Wildman–Crippen MR) is 131 cm³/mol. The second-order valence-corrected chi connectivity index (χ2v) is 9.64. The Bertz CT molecular complexity index is 1360. The van der Waals surface area contributed by atoms with E-state index in [1.807, 2.05) is 31.2 Å². The fourth-order valence-corrected chi connectivity index (χ4v) is 4.89. The van der Waals surface area contributed by atoms with E-state index in [1.165, 1.54) is 4.31 Å². The van der Waals surface area contributed by atoms with Gasteiger partial charge in [-0.25, -0.2) is 13.4 Å². The van der Waals surface area contributed by atoms with Crippen molar-refractivity contribution < 1.29 is 22.3 Å². The molecule has 0 saturated carbocycles. The van der Waals surface area contributed by atoms with Gasteiger partial charge >= 0.3 is 0 Å². The predicted octanol–water partition coefficient (Wildman–Crippen LogP) is 5.37. The topological polar surface area (TPSA) is 81.9 Å². The van der Waals surface area contributed by atoms with Crippen molar-refractivity contribution in [3.63, 3.8) is 0 Å². The van der Waals surface area contributed by atoms with Gasteiger partial charge in [0.15, 0.2) is 0 Å². The summed E-state index contributed by atoms with van der Waals surface area (Å²) < 4.78 is 45.0. The summed E-state index contributed by atoms with van der Waals surface area (Å²) in [7, 11) is -0.709. The number of rotatable bonds is 8. The van der Waals surface area contributed by atoms with Gasteiger partial charge in [0, 0.05) is 5.56 Å². The number of benzene rings is 3. The largest absolute Gasteiger partial charge is 0.497 e. The van der Waals surface area contributed by atoms with Gasteiger partial charge < -0.3 is 13.9 Å².